The van der Waals surface area contributed by atoms with Crippen molar-refractivity contribution in [3.63, 3.8) is 0 Å². The standard InChI is InChI=1S/C22H29N3O3/c1-22(2,3)28-21(27)25(16-14-17-7-5-4-6-8-17)20(26)24-15-13-18-9-11-19(23)12-10-18/h4-12H,13-16,23H2,1-3H3,(H,24,26). The van der Waals surface area contributed by atoms with Gasteiger partial charge < -0.3 is 15.8 Å². The monoisotopic (exact) mass is 383 g/mol. The first-order chi connectivity index (χ1) is 13.2. The molecular weight excluding hydrogens is 354 g/mol. The van der Waals surface area contributed by atoms with E-state index in [0.29, 0.717) is 25.1 Å². The third kappa shape index (κ3) is 7.31. The number of carbonyl (C=O) groups excluding carboxylic acids is 2. The molecule has 0 atom stereocenters. The molecule has 0 unspecified atom stereocenters. The molecule has 28 heavy (non-hydrogen) atoms. The van der Waals surface area contributed by atoms with Gasteiger partial charge in [-0.25, -0.2) is 14.5 Å². The number of urea groups is 1. The third-order valence-electron chi connectivity index (χ3n) is 4.00. The lowest BCUT2D eigenvalue weighted by Crippen LogP contribution is -2.47. The minimum Gasteiger partial charge on any atom is -0.443 e. The minimum atomic E-state index is -0.674. The number of nitrogens with zero attached hydrogens (tertiary/aromatic N) is 1. The lowest BCUT2D eigenvalue weighted by Gasteiger charge is -2.26. The van der Waals surface area contributed by atoms with Crippen molar-refractivity contribution >= 4 is 17.8 Å². The van der Waals surface area contributed by atoms with E-state index in [9.17, 15) is 9.59 Å². The van der Waals surface area contributed by atoms with Crippen molar-refractivity contribution in [1.82, 2.24) is 10.2 Å². The van der Waals surface area contributed by atoms with E-state index in [1.807, 2.05) is 54.6 Å². The van der Waals surface area contributed by atoms with Crippen LogP contribution in [0, 0.1) is 0 Å². The summed E-state index contributed by atoms with van der Waals surface area (Å²) in [6.45, 7) is 5.98. The van der Waals surface area contributed by atoms with E-state index in [2.05, 4.69) is 5.32 Å². The van der Waals surface area contributed by atoms with Gasteiger partial charge in [0.2, 0.25) is 0 Å². The van der Waals surface area contributed by atoms with Crippen LogP contribution in [0.25, 0.3) is 0 Å². The summed E-state index contributed by atoms with van der Waals surface area (Å²) in [5, 5.41) is 2.80. The molecule has 0 saturated carbocycles. The number of benzene rings is 2. The van der Waals surface area contributed by atoms with Crippen LogP contribution >= 0.6 is 0 Å². The van der Waals surface area contributed by atoms with Crippen molar-refractivity contribution in [2.45, 2.75) is 39.2 Å². The van der Waals surface area contributed by atoms with Crippen LogP contribution in [-0.2, 0) is 17.6 Å². The van der Waals surface area contributed by atoms with Gasteiger partial charge in [-0.05, 0) is 56.9 Å². The number of nitrogens with two attached hydrogens (primary N) is 1. The Morgan fingerprint density at radius 1 is 0.964 bits per heavy atom. The molecule has 6 nitrogen and oxygen atoms in total. The SMILES string of the molecule is CC(C)(C)OC(=O)N(CCc1ccccc1)C(=O)NCCc1ccc(N)cc1. The summed E-state index contributed by atoms with van der Waals surface area (Å²) in [5.41, 5.74) is 7.81. The molecule has 0 aliphatic carbocycles. The van der Waals surface area contributed by atoms with E-state index >= 15 is 0 Å². The van der Waals surface area contributed by atoms with Gasteiger partial charge in [0.05, 0.1) is 0 Å². The summed E-state index contributed by atoms with van der Waals surface area (Å²) in [4.78, 5) is 26.3. The van der Waals surface area contributed by atoms with E-state index in [1.54, 1.807) is 20.8 Å². The smallest absolute Gasteiger partial charge is 0.418 e. The maximum absolute atomic E-state index is 12.6. The Morgan fingerprint density at radius 3 is 2.18 bits per heavy atom. The fourth-order valence-corrected chi connectivity index (χ4v) is 2.57. The molecule has 0 aliphatic rings. The molecule has 150 valence electrons. The topological polar surface area (TPSA) is 84.7 Å². The molecule has 0 fully saturated rings. The molecule has 3 amide bonds. The van der Waals surface area contributed by atoms with Crippen molar-refractivity contribution in [2.24, 2.45) is 0 Å². The van der Waals surface area contributed by atoms with Gasteiger partial charge in [-0.3, -0.25) is 0 Å². The molecular formula is C22H29N3O3. The summed E-state index contributed by atoms with van der Waals surface area (Å²) >= 11 is 0. The molecule has 2 aromatic rings. The Balaban J connectivity index is 1.96. The first kappa shape index (κ1) is 21.3. The van der Waals surface area contributed by atoms with Crippen molar-refractivity contribution in [1.29, 1.82) is 0 Å². The summed E-state index contributed by atoms with van der Waals surface area (Å²) in [6.07, 6.45) is 0.562. The number of ether oxygens (including phenoxy) is 1. The van der Waals surface area contributed by atoms with Crippen molar-refractivity contribution in [2.75, 3.05) is 18.8 Å². The highest BCUT2D eigenvalue weighted by atomic mass is 16.6. The van der Waals surface area contributed by atoms with Gasteiger partial charge in [-0.2, -0.15) is 0 Å². The Labute approximate surface area is 166 Å². The van der Waals surface area contributed by atoms with Gasteiger partial charge in [0.25, 0.3) is 0 Å². The molecule has 0 saturated heterocycles. The number of imide groups is 1. The fraction of sp³-hybridized carbons (Fsp3) is 0.364. The van der Waals surface area contributed by atoms with E-state index in [1.165, 1.54) is 0 Å². The van der Waals surface area contributed by atoms with Gasteiger partial charge in [0.1, 0.15) is 5.60 Å². The van der Waals surface area contributed by atoms with E-state index < -0.39 is 17.7 Å². The first-order valence-electron chi connectivity index (χ1n) is 9.41. The number of rotatable bonds is 6. The zero-order valence-electron chi connectivity index (χ0n) is 16.8. The van der Waals surface area contributed by atoms with Gasteiger partial charge in [0, 0.05) is 18.8 Å². The normalized spacial score (nSPS) is 11.0. The number of amides is 3. The number of hydrogen-bond donors (Lipinski definition) is 2. The predicted octanol–water partition coefficient (Wildman–Crippen LogP) is 4.00. The minimum absolute atomic E-state index is 0.243. The van der Waals surface area contributed by atoms with Crippen LogP contribution in [0.3, 0.4) is 0 Å². The second kappa shape index (κ2) is 9.78. The summed E-state index contributed by atoms with van der Waals surface area (Å²) in [6, 6.07) is 16.7. The molecule has 3 N–H and O–H groups in total. The maximum atomic E-state index is 12.6. The number of nitrogen functional groups attached to an aromatic ring is 1. The molecule has 0 bridgehead atoms. The summed E-state index contributed by atoms with van der Waals surface area (Å²) in [7, 11) is 0. The molecule has 0 aromatic heterocycles. The van der Waals surface area contributed by atoms with Crippen molar-refractivity contribution < 1.29 is 14.3 Å². The molecule has 0 aliphatic heterocycles. The van der Waals surface area contributed by atoms with Crippen LogP contribution in [-0.4, -0.2) is 35.7 Å². The molecule has 2 aromatic carbocycles. The zero-order chi connectivity index (χ0) is 20.6. The zero-order valence-corrected chi connectivity index (χ0v) is 16.8. The van der Waals surface area contributed by atoms with Crippen LogP contribution in [0.1, 0.15) is 31.9 Å². The quantitative estimate of drug-likeness (QED) is 0.739. The maximum Gasteiger partial charge on any atom is 0.418 e. The van der Waals surface area contributed by atoms with Crippen LogP contribution in [0.4, 0.5) is 15.3 Å². The Bertz CT molecular complexity index is 768. The van der Waals surface area contributed by atoms with Crippen LogP contribution in [0.5, 0.6) is 0 Å². The lowest BCUT2D eigenvalue weighted by atomic mass is 10.1. The van der Waals surface area contributed by atoms with Crippen molar-refractivity contribution in [3.05, 3.63) is 65.7 Å². The predicted molar refractivity (Wildman–Crippen MR) is 111 cm³/mol. The second-order valence-corrected chi connectivity index (χ2v) is 7.59. The number of anilines is 1. The highest BCUT2D eigenvalue weighted by molar-refractivity contribution is 5.91. The van der Waals surface area contributed by atoms with E-state index in [4.69, 9.17) is 10.5 Å². The fourth-order valence-electron chi connectivity index (χ4n) is 2.57. The second-order valence-electron chi connectivity index (χ2n) is 7.59. The summed E-state index contributed by atoms with van der Waals surface area (Å²) in [5.74, 6) is 0. The third-order valence-corrected chi connectivity index (χ3v) is 4.00. The molecule has 0 radical (unpaired) electrons. The van der Waals surface area contributed by atoms with Crippen LogP contribution in [0.15, 0.2) is 54.6 Å². The molecule has 2 rings (SSSR count). The van der Waals surface area contributed by atoms with E-state index in [-0.39, 0.29) is 6.54 Å². The Kier molecular flexibility index (Phi) is 7.44. The van der Waals surface area contributed by atoms with Crippen LogP contribution in [0.2, 0.25) is 0 Å². The lowest BCUT2D eigenvalue weighted by molar-refractivity contribution is 0.0323. The molecule has 0 spiro atoms. The highest BCUT2D eigenvalue weighted by Gasteiger charge is 2.26. The van der Waals surface area contributed by atoms with Crippen molar-refractivity contribution in [3.8, 4) is 0 Å². The average Bonchev–Trinajstić information content (AvgIpc) is 2.63. The highest BCUT2D eigenvalue weighted by Crippen LogP contribution is 2.11. The Hall–Kier alpha value is -3.02. The number of carbonyl (C=O) groups is 2. The van der Waals surface area contributed by atoms with Gasteiger partial charge in [-0.1, -0.05) is 42.5 Å². The van der Waals surface area contributed by atoms with Gasteiger partial charge in [-0.15, -0.1) is 0 Å². The van der Waals surface area contributed by atoms with E-state index in [0.717, 1.165) is 16.0 Å². The average molecular weight is 383 g/mol. The van der Waals surface area contributed by atoms with Gasteiger partial charge in [0.15, 0.2) is 0 Å². The molecule has 0 heterocycles. The first-order valence-corrected chi connectivity index (χ1v) is 9.41. The van der Waals surface area contributed by atoms with Gasteiger partial charge >= 0.3 is 12.1 Å². The summed E-state index contributed by atoms with van der Waals surface area (Å²) < 4.78 is 5.40. The Morgan fingerprint density at radius 2 is 1.57 bits per heavy atom. The number of hydrogen-bond acceptors (Lipinski definition) is 4. The molecule has 6 heteroatoms. The van der Waals surface area contributed by atoms with Crippen LogP contribution < -0.4 is 11.1 Å². The number of nitrogens with one attached hydrogen (secondary N) is 1. The largest absolute Gasteiger partial charge is 0.443 e.